The molecular formula is C15H19N7O2. The number of anilines is 2. The van der Waals surface area contributed by atoms with Crippen LogP contribution in [0.25, 0.3) is 11.2 Å². The molecular weight excluding hydrogens is 310 g/mol. The molecule has 126 valence electrons. The standard InChI is InChI=1S/C15H19N7O2/c1-23-14-5-12(20-21-14)18-13-7-16-11-6-17-22(15(11)19-13)8-10-3-2-4-24-9-10/h5-7,10H,2-4,8-9H2,1H3,(H2,18,19,20,21). The number of methoxy groups -OCH3 is 1. The van der Waals surface area contributed by atoms with E-state index in [0.717, 1.165) is 43.8 Å². The van der Waals surface area contributed by atoms with Gasteiger partial charge in [-0.2, -0.15) is 5.10 Å². The van der Waals surface area contributed by atoms with E-state index < -0.39 is 0 Å². The number of nitrogens with one attached hydrogen (secondary N) is 2. The van der Waals surface area contributed by atoms with Crippen LogP contribution in [0.15, 0.2) is 18.5 Å². The van der Waals surface area contributed by atoms with Gasteiger partial charge in [0.2, 0.25) is 5.88 Å². The highest BCUT2D eigenvalue weighted by molar-refractivity contribution is 5.71. The lowest BCUT2D eigenvalue weighted by Gasteiger charge is -2.21. The Balaban J connectivity index is 1.55. The van der Waals surface area contributed by atoms with Crippen LogP contribution < -0.4 is 10.1 Å². The lowest BCUT2D eigenvalue weighted by atomic mass is 10.0. The number of nitrogens with zero attached hydrogens (tertiary/aromatic N) is 5. The Morgan fingerprint density at radius 2 is 2.42 bits per heavy atom. The number of hydrogen-bond acceptors (Lipinski definition) is 7. The quantitative estimate of drug-likeness (QED) is 0.734. The lowest BCUT2D eigenvalue weighted by molar-refractivity contribution is 0.0474. The Bertz CT molecular complexity index is 822. The minimum absolute atomic E-state index is 0.470. The molecule has 1 aliphatic rings. The summed E-state index contributed by atoms with van der Waals surface area (Å²) < 4.78 is 12.5. The Labute approximate surface area is 138 Å². The molecule has 0 spiro atoms. The van der Waals surface area contributed by atoms with E-state index in [1.807, 2.05) is 4.68 Å². The van der Waals surface area contributed by atoms with Gasteiger partial charge < -0.3 is 14.8 Å². The van der Waals surface area contributed by atoms with Gasteiger partial charge in [0.05, 0.1) is 26.1 Å². The molecule has 9 heteroatoms. The molecule has 1 fully saturated rings. The molecule has 9 nitrogen and oxygen atoms in total. The van der Waals surface area contributed by atoms with Gasteiger partial charge in [0, 0.05) is 25.1 Å². The van der Waals surface area contributed by atoms with Crippen molar-refractivity contribution in [2.45, 2.75) is 19.4 Å². The first-order valence-electron chi connectivity index (χ1n) is 7.94. The molecule has 0 aliphatic carbocycles. The molecule has 0 amide bonds. The molecule has 1 aliphatic heterocycles. The van der Waals surface area contributed by atoms with Crippen LogP contribution in [0.4, 0.5) is 11.6 Å². The highest BCUT2D eigenvalue weighted by atomic mass is 16.5. The van der Waals surface area contributed by atoms with E-state index >= 15 is 0 Å². The van der Waals surface area contributed by atoms with Gasteiger partial charge in [-0.05, 0) is 12.8 Å². The maximum Gasteiger partial charge on any atom is 0.234 e. The van der Waals surface area contributed by atoms with Crippen molar-refractivity contribution in [1.29, 1.82) is 0 Å². The third-order valence-corrected chi connectivity index (χ3v) is 4.06. The molecule has 4 rings (SSSR count). The summed E-state index contributed by atoms with van der Waals surface area (Å²) in [5.41, 5.74) is 1.54. The van der Waals surface area contributed by atoms with Crippen molar-refractivity contribution in [1.82, 2.24) is 29.9 Å². The highest BCUT2D eigenvalue weighted by Gasteiger charge is 2.17. The molecule has 0 aromatic carbocycles. The number of aromatic nitrogens is 6. The van der Waals surface area contributed by atoms with Crippen LogP contribution in [0.5, 0.6) is 5.88 Å². The average molecular weight is 329 g/mol. The van der Waals surface area contributed by atoms with Crippen molar-refractivity contribution in [2.75, 3.05) is 25.6 Å². The largest absolute Gasteiger partial charge is 0.480 e. The van der Waals surface area contributed by atoms with Crippen molar-refractivity contribution >= 4 is 22.8 Å². The van der Waals surface area contributed by atoms with Gasteiger partial charge in [0.1, 0.15) is 11.3 Å². The highest BCUT2D eigenvalue weighted by Crippen LogP contribution is 2.20. The first-order valence-corrected chi connectivity index (χ1v) is 7.94. The number of aromatic amines is 1. The smallest absolute Gasteiger partial charge is 0.234 e. The third kappa shape index (κ3) is 3.02. The van der Waals surface area contributed by atoms with Gasteiger partial charge in [0.25, 0.3) is 0 Å². The van der Waals surface area contributed by atoms with Crippen LogP contribution in [0, 0.1) is 5.92 Å². The summed E-state index contributed by atoms with van der Waals surface area (Å²) in [6.07, 6.45) is 5.67. The normalized spacial score (nSPS) is 18.0. The second kappa shape index (κ2) is 6.44. The monoisotopic (exact) mass is 329 g/mol. The molecule has 1 saturated heterocycles. The maximum absolute atomic E-state index is 5.55. The number of hydrogen-bond donors (Lipinski definition) is 2. The zero-order valence-electron chi connectivity index (χ0n) is 13.4. The van der Waals surface area contributed by atoms with Crippen LogP contribution in [0.1, 0.15) is 12.8 Å². The Hall–Kier alpha value is -2.68. The van der Waals surface area contributed by atoms with E-state index in [0.29, 0.717) is 23.4 Å². The summed E-state index contributed by atoms with van der Waals surface area (Å²) in [6, 6.07) is 1.75. The molecule has 2 N–H and O–H groups in total. The summed E-state index contributed by atoms with van der Waals surface area (Å²) in [5, 5.41) is 14.4. The molecule has 24 heavy (non-hydrogen) atoms. The zero-order valence-corrected chi connectivity index (χ0v) is 13.4. The molecule has 1 atom stereocenters. The fourth-order valence-corrected chi connectivity index (χ4v) is 2.85. The van der Waals surface area contributed by atoms with Crippen molar-refractivity contribution in [3.05, 3.63) is 18.5 Å². The number of H-pyrrole nitrogens is 1. The van der Waals surface area contributed by atoms with Crippen LogP contribution in [0.3, 0.4) is 0 Å². The average Bonchev–Trinajstić information content (AvgIpc) is 3.23. The summed E-state index contributed by atoms with van der Waals surface area (Å²) in [7, 11) is 1.57. The summed E-state index contributed by atoms with van der Waals surface area (Å²) in [4.78, 5) is 9.04. The molecule has 0 saturated carbocycles. The molecule has 0 bridgehead atoms. The fourth-order valence-electron chi connectivity index (χ4n) is 2.85. The van der Waals surface area contributed by atoms with Gasteiger partial charge in [-0.25, -0.2) is 14.6 Å². The lowest BCUT2D eigenvalue weighted by Crippen LogP contribution is -2.22. The minimum Gasteiger partial charge on any atom is -0.480 e. The van der Waals surface area contributed by atoms with Gasteiger partial charge in [-0.15, -0.1) is 5.10 Å². The number of rotatable bonds is 5. The predicted molar refractivity (Wildman–Crippen MR) is 87.3 cm³/mol. The van der Waals surface area contributed by atoms with E-state index in [4.69, 9.17) is 9.47 Å². The number of ether oxygens (including phenoxy) is 2. The van der Waals surface area contributed by atoms with E-state index in [2.05, 4.69) is 30.6 Å². The van der Waals surface area contributed by atoms with Gasteiger partial charge in [0.15, 0.2) is 11.5 Å². The molecule has 0 radical (unpaired) electrons. The molecule has 1 unspecified atom stereocenters. The second-order valence-electron chi connectivity index (χ2n) is 5.82. The topological polar surface area (TPSA) is 103 Å². The minimum atomic E-state index is 0.470. The van der Waals surface area contributed by atoms with Crippen molar-refractivity contribution in [3.8, 4) is 5.88 Å². The summed E-state index contributed by atoms with van der Waals surface area (Å²) in [5.74, 6) is 2.29. The van der Waals surface area contributed by atoms with Crippen molar-refractivity contribution < 1.29 is 9.47 Å². The number of fused-ring (bicyclic) bond motifs is 1. The Morgan fingerprint density at radius 1 is 1.46 bits per heavy atom. The second-order valence-corrected chi connectivity index (χ2v) is 5.82. The van der Waals surface area contributed by atoms with E-state index in [1.165, 1.54) is 0 Å². The fraction of sp³-hybridized carbons (Fsp3) is 0.467. The van der Waals surface area contributed by atoms with Crippen LogP contribution in [-0.4, -0.2) is 50.3 Å². The van der Waals surface area contributed by atoms with Gasteiger partial charge in [-0.1, -0.05) is 0 Å². The first kappa shape index (κ1) is 14.9. The Kier molecular flexibility index (Phi) is 3.99. The van der Waals surface area contributed by atoms with E-state index in [-0.39, 0.29) is 0 Å². The zero-order chi connectivity index (χ0) is 16.4. The predicted octanol–water partition coefficient (Wildman–Crippen LogP) is 1.73. The summed E-state index contributed by atoms with van der Waals surface area (Å²) >= 11 is 0. The van der Waals surface area contributed by atoms with Gasteiger partial charge in [-0.3, -0.25) is 5.10 Å². The first-order chi connectivity index (χ1) is 11.8. The van der Waals surface area contributed by atoms with Crippen molar-refractivity contribution in [3.63, 3.8) is 0 Å². The van der Waals surface area contributed by atoms with Crippen molar-refractivity contribution in [2.24, 2.45) is 5.92 Å². The van der Waals surface area contributed by atoms with E-state index in [9.17, 15) is 0 Å². The maximum atomic E-state index is 5.55. The van der Waals surface area contributed by atoms with E-state index in [1.54, 1.807) is 25.6 Å². The third-order valence-electron chi connectivity index (χ3n) is 4.06. The molecule has 3 aromatic heterocycles. The molecule has 3 aromatic rings. The molecule has 4 heterocycles. The SMILES string of the molecule is COc1cc(Nc2cnc3cnn(CC4CCCOC4)c3n2)[nH]n1. The summed E-state index contributed by atoms with van der Waals surface area (Å²) in [6.45, 7) is 2.43. The van der Waals surface area contributed by atoms with Crippen LogP contribution >= 0.6 is 0 Å². The Morgan fingerprint density at radius 3 is 3.21 bits per heavy atom. The van der Waals surface area contributed by atoms with Crippen LogP contribution in [-0.2, 0) is 11.3 Å². The van der Waals surface area contributed by atoms with Crippen LogP contribution in [0.2, 0.25) is 0 Å². The van der Waals surface area contributed by atoms with Gasteiger partial charge >= 0.3 is 0 Å².